The van der Waals surface area contributed by atoms with E-state index in [2.05, 4.69) is 90.9 Å². The first-order valence-corrected chi connectivity index (χ1v) is 8.86. The number of rotatable bonds is 1. The molecule has 0 aliphatic carbocycles. The van der Waals surface area contributed by atoms with Gasteiger partial charge < -0.3 is 17.3 Å². The molecule has 2 aromatic rings. The summed E-state index contributed by atoms with van der Waals surface area (Å²) in [6.45, 7) is 13.8. The van der Waals surface area contributed by atoms with Crippen molar-refractivity contribution in [1.29, 1.82) is 0 Å². The van der Waals surface area contributed by atoms with E-state index in [1.807, 2.05) is 12.1 Å². The Balaban J connectivity index is 0. The summed E-state index contributed by atoms with van der Waals surface area (Å²) in [6.07, 6.45) is 0. The molecule has 2 rings (SSSR count). The molecule has 0 unspecified atom stereocenters. The van der Waals surface area contributed by atoms with Gasteiger partial charge in [0.25, 0.3) is 0 Å². The predicted molar refractivity (Wildman–Crippen MR) is 105 cm³/mol. The number of fused-ring (bicyclic) bond motifs is 1. The second-order valence-electron chi connectivity index (χ2n) is 7.93. The van der Waals surface area contributed by atoms with Gasteiger partial charge in [0.1, 0.15) is 0 Å². The maximum Gasteiger partial charge on any atom is 2.00 e. The van der Waals surface area contributed by atoms with Crippen LogP contribution in [-0.4, -0.2) is 24.4 Å². The summed E-state index contributed by atoms with van der Waals surface area (Å²) in [4.78, 5) is 2.11. The molecule has 2 aromatic carbocycles. The number of hydrogen-bond donors (Lipinski definition) is 0. The van der Waals surface area contributed by atoms with Crippen LogP contribution in [0.15, 0.2) is 36.4 Å². The smallest absolute Gasteiger partial charge is 1.00 e. The maximum atomic E-state index is 3.26. The molecule has 0 heterocycles. The van der Waals surface area contributed by atoms with Gasteiger partial charge in [-0.1, -0.05) is 59.7 Å². The second-order valence-corrected chi connectivity index (χ2v) is 11.2. The summed E-state index contributed by atoms with van der Waals surface area (Å²) in [5.74, 6) is 0. The second kappa shape index (κ2) is 10.8. The molecule has 24 heavy (non-hydrogen) atoms. The fourth-order valence-electron chi connectivity index (χ4n) is 2.63. The minimum Gasteiger partial charge on any atom is -1.00 e. The molecular weight excluding hydrogens is 427 g/mol. The summed E-state index contributed by atoms with van der Waals surface area (Å²) < 4.78 is 0. The van der Waals surface area contributed by atoms with Gasteiger partial charge in [0.05, 0.1) is 0 Å². The molecule has 1 nitrogen and oxygen atoms in total. The molecule has 0 aliphatic heterocycles. The van der Waals surface area contributed by atoms with Gasteiger partial charge in [0.15, 0.2) is 0 Å². The van der Waals surface area contributed by atoms with Crippen LogP contribution in [0.1, 0.15) is 41.5 Å². The monoisotopic (exact) mass is 457 g/mol. The fraction of sp³-hybridized carbons (Fsp3) is 0.500. The Kier molecular flexibility index (Phi) is 11.7. The van der Waals surface area contributed by atoms with Crippen LogP contribution in [0.25, 0.3) is 10.8 Å². The van der Waals surface area contributed by atoms with E-state index in [4.69, 9.17) is 0 Å². The van der Waals surface area contributed by atoms with E-state index in [0.29, 0.717) is 10.3 Å². The fourth-order valence-corrected chi connectivity index (χ4v) is 4.88. The Morgan fingerprint density at radius 3 is 1.79 bits per heavy atom. The van der Waals surface area contributed by atoms with E-state index < -0.39 is 0 Å². The summed E-state index contributed by atoms with van der Waals surface area (Å²) in [5, 5.41) is 3.46. The SMILES string of the molecule is CC(C)(C)PC(C)(C)C.CN(C)c1cccc2ccc[c-]c12.[Cl-].[Pd+2]. The summed E-state index contributed by atoms with van der Waals surface area (Å²) >= 11 is 0. The Bertz CT molecular complexity index is 583. The van der Waals surface area contributed by atoms with Crippen LogP contribution in [-0.2, 0) is 20.4 Å². The van der Waals surface area contributed by atoms with Crippen molar-refractivity contribution in [3.8, 4) is 0 Å². The first-order chi connectivity index (χ1) is 9.99. The van der Waals surface area contributed by atoms with Crippen molar-refractivity contribution in [3.05, 3.63) is 42.5 Å². The number of benzene rings is 2. The largest absolute Gasteiger partial charge is 2.00 e. The topological polar surface area (TPSA) is 3.24 Å². The van der Waals surface area contributed by atoms with Crippen molar-refractivity contribution in [3.63, 3.8) is 0 Å². The van der Waals surface area contributed by atoms with Crippen LogP contribution >= 0.6 is 8.58 Å². The third kappa shape index (κ3) is 10.0. The van der Waals surface area contributed by atoms with Crippen molar-refractivity contribution in [1.82, 2.24) is 0 Å². The van der Waals surface area contributed by atoms with Crippen LogP contribution in [0.5, 0.6) is 0 Å². The van der Waals surface area contributed by atoms with Gasteiger partial charge >= 0.3 is 20.4 Å². The minimum absolute atomic E-state index is 0. The third-order valence-corrected chi connectivity index (χ3v) is 4.41. The number of anilines is 1. The first kappa shape index (κ1) is 26.1. The number of nitrogens with zero attached hydrogens (tertiary/aromatic N) is 1. The molecule has 0 aromatic heterocycles. The molecule has 138 valence electrons. The van der Waals surface area contributed by atoms with Crippen molar-refractivity contribution in [2.75, 3.05) is 19.0 Å². The predicted octanol–water partition coefficient (Wildman–Crippen LogP) is 2.97. The van der Waals surface area contributed by atoms with Gasteiger partial charge in [-0.3, -0.25) is 0 Å². The van der Waals surface area contributed by atoms with E-state index in [1.54, 1.807) is 0 Å². The molecule has 0 spiro atoms. The van der Waals surface area contributed by atoms with Gasteiger partial charge in [-0.2, -0.15) is 0 Å². The van der Waals surface area contributed by atoms with Crippen LogP contribution in [0.4, 0.5) is 5.69 Å². The molecule has 0 N–H and O–H groups in total. The Morgan fingerprint density at radius 1 is 0.875 bits per heavy atom. The van der Waals surface area contributed by atoms with Crippen LogP contribution < -0.4 is 17.3 Å². The molecule has 4 heteroatoms. The normalized spacial score (nSPS) is 10.8. The van der Waals surface area contributed by atoms with Gasteiger partial charge in [0.2, 0.25) is 0 Å². The summed E-state index contributed by atoms with van der Waals surface area (Å²) in [7, 11) is 5.15. The average molecular weight is 458 g/mol. The van der Waals surface area contributed by atoms with E-state index in [1.165, 1.54) is 16.5 Å². The molecule has 0 saturated carbocycles. The van der Waals surface area contributed by atoms with Crippen LogP contribution in [0, 0.1) is 6.07 Å². The molecule has 0 amide bonds. The Hall–Kier alpha value is -0.118. The van der Waals surface area contributed by atoms with Crippen molar-refractivity contribution in [2.45, 2.75) is 51.9 Å². The zero-order valence-electron chi connectivity index (χ0n) is 16.1. The third-order valence-electron chi connectivity index (χ3n) is 2.91. The van der Waals surface area contributed by atoms with Crippen LogP contribution in [0.3, 0.4) is 0 Å². The van der Waals surface area contributed by atoms with Crippen molar-refractivity contribution >= 4 is 25.0 Å². The van der Waals surface area contributed by atoms with Gasteiger partial charge in [0, 0.05) is 0 Å². The maximum absolute atomic E-state index is 3.26. The van der Waals surface area contributed by atoms with Gasteiger partial charge in [-0.25, -0.2) is 0 Å². The summed E-state index contributed by atoms with van der Waals surface area (Å²) in [6, 6.07) is 15.6. The van der Waals surface area contributed by atoms with Gasteiger partial charge in [-0.15, -0.1) is 43.6 Å². The van der Waals surface area contributed by atoms with Crippen molar-refractivity contribution < 1.29 is 32.8 Å². The molecule has 0 atom stereocenters. The van der Waals surface area contributed by atoms with E-state index in [9.17, 15) is 0 Å². The van der Waals surface area contributed by atoms with E-state index >= 15 is 0 Å². The molecular formula is C20H31ClNPPd. The zero-order valence-corrected chi connectivity index (χ0v) is 19.4. The number of hydrogen-bond acceptors (Lipinski definition) is 1. The molecule has 0 aliphatic rings. The summed E-state index contributed by atoms with van der Waals surface area (Å²) in [5.41, 5.74) is 1.22. The standard InChI is InChI=1S/C12H12N.C8H19P.ClH.Pd/c1-13(2)12-9-5-7-10-6-3-4-8-11(10)12;1-7(2,3)9-8(4,5)6;;/h3-7,9H,1-2H3;9H,1-6H3;1H;/q-1;;;+2/p-1. The first-order valence-electron chi connectivity index (χ1n) is 7.86. The van der Waals surface area contributed by atoms with E-state index in [0.717, 1.165) is 8.58 Å². The van der Waals surface area contributed by atoms with Crippen molar-refractivity contribution in [2.24, 2.45) is 0 Å². The molecule has 0 saturated heterocycles. The Morgan fingerprint density at radius 2 is 1.38 bits per heavy atom. The molecule has 0 fully saturated rings. The quantitative estimate of drug-likeness (QED) is 0.361. The van der Waals surface area contributed by atoms with E-state index in [-0.39, 0.29) is 32.8 Å². The zero-order chi connectivity index (χ0) is 17.0. The Labute approximate surface area is 170 Å². The molecule has 0 bridgehead atoms. The van der Waals surface area contributed by atoms with Crippen LogP contribution in [0.2, 0.25) is 0 Å². The average Bonchev–Trinajstić information content (AvgIpc) is 2.34. The van der Waals surface area contributed by atoms with Gasteiger partial charge in [-0.05, 0) is 30.1 Å². The number of halogens is 1. The minimum atomic E-state index is 0. The molecule has 0 radical (unpaired) electrons.